The van der Waals surface area contributed by atoms with Crippen LogP contribution in [0.1, 0.15) is 0 Å². The molecule has 1 aromatic carbocycles. The van der Waals surface area contributed by atoms with Gasteiger partial charge in [-0.15, -0.1) is 23.4 Å². The van der Waals surface area contributed by atoms with Gasteiger partial charge >= 0.3 is 0 Å². The normalized spacial score (nSPS) is 24.4. The monoisotopic (exact) mass is 335 g/mol. The number of hydrogen-bond donors (Lipinski definition) is 2. The Balaban J connectivity index is 1.86. The summed E-state index contributed by atoms with van der Waals surface area (Å²) in [4.78, 5) is 12.4. The highest BCUT2D eigenvalue weighted by Crippen LogP contribution is 2.27. The predicted molar refractivity (Wildman–Crippen MR) is 79.1 cm³/mol. The second kappa shape index (κ2) is 6.24. The Bertz CT molecular complexity index is 605. The van der Waals surface area contributed by atoms with Crippen LogP contribution in [0.4, 0.5) is 0 Å². The van der Waals surface area contributed by atoms with Crippen molar-refractivity contribution in [2.24, 2.45) is 0 Å². The van der Waals surface area contributed by atoms with Crippen LogP contribution in [0.5, 0.6) is 5.75 Å². The lowest BCUT2D eigenvalue weighted by atomic mass is 10.2. The molecule has 1 amide bonds. The van der Waals surface area contributed by atoms with Gasteiger partial charge in [0.25, 0.3) is 0 Å². The van der Waals surface area contributed by atoms with Crippen molar-refractivity contribution in [2.45, 2.75) is 16.3 Å². The first-order valence-electron chi connectivity index (χ1n) is 5.92. The molecule has 20 heavy (non-hydrogen) atoms. The van der Waals surface area contributed by atoms with Gasteiger partial charge in [-0.1, -0.05) is 12.1 Å². The minimum absolute atomic E-state index is 0.0950. The minimum Gasteiger partial charge on any atom is -0.507 e. The Labute approximate surface area is 126 Å². The lowest BCUT2D eigenvalue weighted by molar-refractivity contribution is -0.119. The van der Waals surface area contributed by atoms with Crippen LogP contribution in [-0.4, -0.2) is 48.1 Å². The van der Waals surface area contributed by atoms with Gasteiger partial charge < -0.3 is 10.4 Å². The number of hydrogen-bond acceptors (Lipinski definition) is 5. The molecule has 1 saturated heterocycles. The van der Waals surface area contributed by atoms with Crippen LogP contribution >= 0.6 is 23.4 Å². The highest BCUT2D eigenvalue weighted by atomic mass is 35.5. The molecule has 1 heterocycles. The molecule has 2 N–H and O–H groups in total. The SMILES string of the molecule is O=C(CSc1ccccc1O)NC1CS(=O)(=O)CC1Cl. The number of carbonyl (C=O) groups excluding carboxylic acids is 1. The summed E-state index contributed by atoms with van der Waals surface area (Å²) >= 11 is 7.09. The summed E-state index contributed by atoms with van der Waals surface area (Å²) in [5, 5.41) is 11.6. The van der Waals surface area contributed by atoms with E-state index in [-0.39, 0.29) is 28.9 Å². The van der Waals surface area contributed by atoms with E-state index in [9.17, 15) is 18.3 Å². The molecule has 0 spiro atoms. The second-order valence-corrected chi connectivity index (χ2v) is 8.25. The Morgan fingerprint density at radius 2 is 2.10 bits per heavy atom. The fourth-order valence-corrected chi connectivity index (χ4v) is 5.22. The fourth-order valence-electron chi connectivity index (χ4n) is 1.91. The summed E-state index contributed by atoms with van der Waals surface area (Å²) in [6, 6.07) is 6.16. The maximum atomic E-state index is 11.8. The number of aromatic hydroxyl groups is 1. The fraction of sp³-hybridized carbons (Fsp3) is 0.417. The molecule has 0 aliphatic carbocycles. The number of amides is 1. The number of halogens is 1. The van der Waals surface area contributed by atoms with E-state index < -0.39 is 21.3 Å². The Morgan fingerprint density at radius 1 is 1.40 bits per heavy atom. The summed E-state index contributed by atoms with van der Waals surface area (Å²) in [6.07, 6.45) is 0. The van der Waals surface area contributed by atoms with Crippen molar-refractivity contribution in [1.29, 1.82) is 0 Å². The molecule has 5 nitrogen and oxygen atoms in total. The molecule has 1 fully saturated rings. The smallest absolute Gasteiger partial charge is 0.230 e. The van der Waals surface area contributed by atoms with Crippen molar-refractivity contribution in [3.05, 3.63) is 24.3 Å². The molecule has 0 bridgehead atoms. The van der Waals surface area contributed by atoms with Crippen LogP contribution in [0.2, 0.25) is 0 Å². The summed E-state index contributed by atoms with van der Waals surface area (Å²) in [7, 11) is -3.16. The number of phenols is 1. The molecule has 0 aromatic heterocycles. The highest BCUT2D eigenvalue weighted by Gasteiger charge is 2.37. The van der Waals surface area contributed by atoms with Gasteiger partial charge in [-0.05, 0) is 12.1 Å². The Hall–Kier alpha value is -0.920. The quantitative estimate of drug-likeness (QED) is 0.633. The third-order valence-electron chi connectivity index (χ3n) is 2.85. The van der Waals surface area contributed by atoms with E-state index in [1.165, 1.54) is 11.8 Å². The van der Waals surface area contributed by atoms with Gasteiger partial charge in [-0.3, -0.25) is 4.79 Å². The molecular weight excluding hydrogens is 322 g/mol. The average molecular weight is 336 g/mol. The van der Waals surface area contributed by atoms with Gasteiger partial charge in [0, 0.05) is 4.90 Å². The Morgan fingerprint density at radius 3 is 2.70 bits per heavy atom. The number of phenolic OH excluding ortho intramolecular Hbond substituents is 1. The molecule has 1 aliphatic rings. The van der Waals surface area contributed by atoms with Crippen molar-refractivity contribution in [2.75, 3.05) is 17.3 Å². The number of rotatable bonds is 4. The van der Waals surface area contributed by atoms with E-state index in [4.69, 9.17) is 11.6 Å². The number of alkyl halides is 1. The van der Waals surface area contributed by atoms with Crippen molar-refractivity contribution in [1.82, 2.24) is 5.32 Å². The highest BCUT2D eigenvalue weighted by molar-refractivity contribution is 8.00. The maximum Gasteiger partial charge on any atom is 0.230 e. The van der Waals surface area contributed by atoms with Crippen LogP contribution < -0.4 is 5.32 Å². The van der Waals surface area contributed by atoms with Crippen LogP contribution in [0.15, 0.2) is 29.2 Å². The maximum absolute atomic E-state index is 11.8. The van der Waals surface area contributed by atoms with Crippen LogP contribution in [0, 0.1) is 0 Å². The molecule has 8 heteroatoms. The van der Waals surface area contributed by atoms with Gasteiger partial charge in [0.05, 0.1) is 28.7 Å². The topological polar surface area (TPSA) is 83.5 Å². The van der Waals surface area contributed by atoms with Gasteiger partial charge in [0.15, 0.2) is 9.84 Å². The van der Waals surface area contributed by atoms with Crippen molar-refractivity contribution < 1.29 is 18.3 Å². The lowest BCUT2D eigenvalue weighted by Crippen LogP contribution is -2.41. The number of para-hydroxylation sites is 1. The van der Waals surface area contributed by atoms with Crippen LogP contribution in [0.3, 0.4) is 0 Å². The third kappa shape index (κ3) is 4.04. The molecule has 110 valence electrons. The van der Waals surface area contributed by atoms with E-state index in [0.29, 0.717) is 4.90 Å². The zero-order chi connectivity index (χ0) is 14.8. The number of benzene rings is 1. The summed E-state index contributed by atoms with van der Waals surface area (Å²) in [6.45, 7) is 0. The summed E-state index contributed by atoms with van der Waals surface area (Å²) in [5.74, 6) is -0.312. The van der Waals surface area contributed by atoms with E-state index >= 15 is 0 Å². The first-order valence-corrected chi connectivity index (χ1v) is 9.16. The molecule has 2 atom stereocenters. The molecular formula is C12H14ClNO4S2. The van der Waals surface area contributed by atoms with Crippen molar-refractivity contribution >= 4 is 39.1 Å². The number of thioether (sulfide) groups is 1. The minimum atomic E-state index is -3.16. The molecule has 2 unspecified atom stereocenters. The summed E-state index contributed by atoms with van der Waals surface area (Å²) < 4.78 is 22.8. The number of nitrogens with one attached hydrogen (secondary N) is 1. The van der Waals surface area contributed by atoms with Gasteiger partial charge in [0.2, 0.25) is 5.91 Å². The molecule has 1 aliphatic heterocycles. The van der Waals surface area contributed by atoms with E-state index in [2.05, 4.69) is 5.32 Å². The average Bonchev–Trinajstić information content (AvgIpc) is 2.61. The first kappa shape index (κ1) is 15.5. The third-order valence-corrected chi connectivity index (χ3v) is 6.29. The molecule has 0 saturated carbocycles. The molecule has 2 rings (SSSR count). The van der Waals surface area contributed by atoms with Crippen molar-refractivity contribution in [3.8, 4) is 5.75 Å². The first-order chi connectivity index (χ1) is 9.37. The summed E-state index contributed by atoms with van der Waals surface area (Å²) in [5.41, 5.74) is 0. The van der Waals surface area contributed by atoms with Crippen molar-refractivity contribution in [3.63, 3.8) is 0 Å². The van der Waals surface area contributed by atoms with Gasteiger partial charge in [-0.25, -0.2) is 8.42 Å². The lowest BCUT2D eigenvalue weighted by Gasteiger charge is -2.14. The Kier molecular flexibility index (Phi) is 4.82. The van der Waals surface area contributed by atoms with Gasteiger partial charge in [-0.2, -0.15) is 0 Å². The predicted octanol–water partition coefficient (Wildman–Crippen LogP) is 1.00. The molecule has 1 aromatic rings. The largest absolute Gasteiger partial charge is 0.507 e. The number of sulfone groups is 1. The van der Waals surface area contributed by atoms with E-state index in [1.807, 2.05) is 0 Å². The van der Waals surface area contributed by atoms with Crippen LogP contribution in [-0.2, 0) is 14.6 Å². The standard InChI is InChI=1S/C12H14ClNO4S2/c13-8-6-20(17,18)7-9(8)14-12(16)5-19-11-4-2-1-3-10(11)15/h1-4,8-9,15H,5-7H2,(H,14,16). The number of carbonyl (C=O) groups is 1. The molecule has 0 radical (unpaired) electrons. The second-order valence-electron chi connectivity index (χ2n) is 4.52. The van der Waals surface area contributed by atoms with E-state index in [0.717, 1.165) is 0 Å². The van der Waals surface area contributed by atoms with Gasteiger partial charge in [0.1, 0.15) is 5.75 Å². The zero-order valence-corrected chi connectivity index (χ0v) is 12.8. The van der Waals surface area contributed by atoms with Crippen LogP contribution in [0.25, 0.3) is 0 Å². The zero-order valence-electron chi connectivity index (χ0n) is 10.5. The van der Waals surface area contributed by atoms with E-state index in [1.54, 1.807) is 24.3 Å².